The van der Waals surface area contributed by atoms with Crippen LogP contribution in [0.15, 0.2) is 54.6 Å². The molecule has 2 aromatic carbocycles. The van der Waals surface area contributed by atoms with Gasteiger partial charge in [0.2, 0.25) is 11.8 Å². The fraction of sp³-hybridized carbons (Fsp3) is 0.348. The summed E-state index contributed by atoms with van der Waals surface area (Å²) >= 11 is 0. The van der Waals surface area contributed by atoms with Crippen LogP contribution in [0.4, 0.5) is 4.79 Å². The van der Waals surface area contributed by atoms with Crippen molar-refractivity contribution in [2.75, 3.05) is 6.54 Å². The van der Waals surface area contributed by atoms with Crippen LogP contribution in [0.3, 0.4) is 0 Å². The van der Waals surface area contributed by atoms with Gasteiger partial charge in [-0.2, -0.15) is 0 Å². The van der Waals surface area contributed by atoms with Crippen molar-refractivity contribution in [1.82, 2.24) is 20.9 Å². The van der Waals surface area contributed by atoms with Crippen molar-refractivity contribution in [3.8, 4) is 5.75 Å². The van der Waals surface area contributed by atoms with Crippen LogP contribution in [0.25, 0.3) is 0 Å². The van der Waals surface area contributed by atoms with Crippen LogP contribution in [0.1, 0.15) is 30.5 Å². The van der Waals surface area contributed by atoms with E-state index in [9.17, 15) is 19.5 Å². The molecule has 2 aliphatic heterocycles. The van der Waals surface area contributed by atoms with Gasteiger partial charge in [0.05, 0.1) is 12.1 Å². The largest absolute Gasteiger partial charge is 0.508 e. The molecule has 0 aromatic heterocycles. The lowest BCUT2D eigenvalue weighted by Gasteiger charge is -2.34. The number of piperazine rings is 1. The predicted octanol–water partition coefficient (Wildman–Crippen LogP) is 1.46. The molecule has 4 amide bonds. The van der Waals surface area contributed by atoms with Gasteiger partial charge < -0.3 is 26.0 Å². The molecule has 2 aromatic rings. The van der Waals surface area contributed by atoms with E-state index in [0.717, 1.165) is 11.1 Å². The van der Waals surface area contributed by atoms with Gasteiger partial charge in [0.25, 0.3) is 0 Å². The summed E-state index contributed by atoms with van der Waals surface area (Å²) in [4.78, 5) is 39.6. The highest BCUT2D eigenvalue weighted by atomic mass is 16.3. The van der Waals surface area contributed by atoms with Crippen LogP contribution in [0.2, 0.25) is 0 Å². The lowest BCUT2D eigenvalue weighted by molar-refractivity contribution is -0.147. The van der Waals surface area contributed by atoms with E-state index in [0.29, 0.717) is 19.4 Å². The number of hydrogen-bond acceptors (Lipinski definition) is 4. The van der Waals surface area contributed by atoms with Gasteiger partial charge in [0.1, 0.15) is 17.8 Å². The van der Waals surface area contributed by atoms with E-state index in [1.807, 2.05) is 37.3 Å². The van der Waals surface area contributed by atoms with E-state index in [4.69, 9.17) is 0 Å². The van der Waals surface area contributed by atoms with E-state index in [1.165, 1.54) is 0 Å². The Balaban J connectivity index is 1.35. The molecule has 162 valence electrons. The number of benzene rings is 2. The zero-order valence-electron chi connectivity index (χ0n) is 17.2. The summed E-state index contributed by atoms with van der Waals surface area (Å²) in [5.41, 5.74) is 1.84. The third-order valence-electron chi connectivity index (χ3n) is 5.86. The third kappa shape index (κ3) is 4.63. The number of carbonyl (C=O) groups excluding carboxylic acids is 3. The van der Waals surface area contributed by atoms with E-state index in [2.05, 4.69) is 16.0 Å². The summed E-state index contributed by atoms with van der Waals surface area (Å²) in [5, 5.41) is 18.0. The number of phenols is 1. The van der Waals surface area contributed by atoms with Crippen LogP contribution >= 0.6 is 0 Å². The average Bonchev–Trinajstić information content (AvgIpc) is 3.18. The topological polar surface area (TPSA) is 111 Å². The Morgan fingerprint density at radius 3 is 2.58 bits per heavy atom. The Labute approximate surface area is 180 Å². The number of amides is 4. The molecular formula is C23H26N4O4. The van der Waals surface area contributed by atoms with Gasteiger partial charge >= 0.3 is 6.03 Å². The van der Waals surface area contributed by atoms with Gasteiger partial charge in [-0.1, -0.05) is 42.5 Å². The molecule has 0 unspecified atom stereocenters. The second-order valence-corrected chi connectivity index (χ2v) is 8.12. The molecule has 0 bridgehead atoms. The molecule has 4 atom stereocenters. The molecular weight excluding hydrogens is 396 g/mol. The number of fused-ring (bicyclic) bond motifs is 1. The molecule has 4 rings (SSSR count). The van der Waals surface area contributed by atoms with Crippen molar-refractivity contribution in [2.45, 2.75) is 43.9 Å². The Hall–Kier alpha value is -3.55. The zero-order chi connectivity index (χ0) is 22.0. The maximum absolute atomic E-state index is 13.0. The minimum absolute atomic E-state index is 0.149. The molecule has 0 spiro atoms. The molecule has 31 heavy (non-hydrogen) atoms. The quantitative estimate of drug-likeness (QED) is 0.585. The summed E-state index contributed by atoms with van der Waals surface area (Å²) in [5.74, 6) is -0.207. The maximum Gasteiger partial charge on any atom is 0.315 e. The number of aromatic hydroxyl groups is 1. The highest BCUT2D eigenvalue weighted by Gasteiger charge is 2.46. The van der Waals surface area contributed by atoms with Crippen LogP contribution in [0, 0.1) is 0 Å². The van der Waals surface area contributed by atoms with Crippen LogP contribution in [-0.2, 0) is 16.0 Å². The fourth-order valence-corrected chi connectivity index (χ4v) is 4.22. The van der Waals surface area contributed by atoms with Gasteiger partial charge in [-0.25, -0.2) is 4.79 Å². The van der Waals surface area contributed by atoms with Gasteiger partial charge in [0.15, 0.2) is 0 Å². The predicted molar refractivity (Wildman–Crippen MR) is 114 cm³/mol. The standard InChI is InChI=1S/C23H26N4O4/c1-14(16-5-3-2-4-6-16)24-23(31)25-17-12-20-21(29)26-19(22(30)27(20)13-17)11-15-7-9-18(28)10-8-15/h2-10,14,17,19-20,28H,11-13H2,1H3,(H,26,29)(H2,24,25,31)/t14-,17-,19-,20-/m0/s1. The molecule has 2 heterocycles. The molecule has 2 fully saturated rings. The van der Waals surface area contributed by atoms with Crippen LogP contribution < -0.4 is 16.0 Å². The Bertz CT molecular complexity index is 963. The summed E-state index contributed by atoms with van der Waals surface area (Å²) in [6.07, 6.45) is 0.734. The zero-order valence-corrected chi connectivity index (χ0v) is 17.2. The lowest BCUT2D eigenvalue weighted by atomic mass is 10.0. The molecule has 0 aliphatic carbocycles. The van der Waals surface area contributed by atoms with Crippen molar-refractivity contribution in [1.29, 1.82) is 0 Å². The van der Waals surface area contributed by atoms with Crippen molar-refractivity contribution < 1.29 is 19.5 Å². The molecule has 4 N–H and O–H groups in total. The first kappa shape index (κ1) is 20.7. The van der Waals surface area contributed by atoms with Crippen molar-refractivity contribution >= 4 is 17.8 Å². The van der Waals surface area contributed by atoms with Crippen LogP contribution in [-0.4, -0.2) is 52.5 Å². The van der Waals surface area contributed by atoms with E-state index >= 15 is 0 Å². The first-order valence-corrected chi connectivity index (χ1v) is 10.4. The van der Waals surface area contributed by atoms with Crippen molar-refractivity contribution in [2.24, 2.45) is 0 Å². The van der Waals surface area contributed by atoms with Gasteiger partial charge in [-0.15, -0.1) is 0 Å². The number of phenolic OH excluding ortho intramolecular Hbond substituents is 1. The minimum Gasteiger partial charge on any atom is -0.508 e. The molecule has 2 saturated heterocycles. The Morgan fingerprint density at radius 2 is 1.87 bits per heavy atom. The second-order valence-electron chi connectivity index (χ2n) is 8.12. The van der Waals surface area contributed by atoms with Crippen LogP contribution in [0.5, 0.6) is 5.75 Å². The molecule has 8 heteroatoms. The Morgan fingerprint density at radius 1 is 1.16 bits per heavy atom. The van der Waals surface area contributed by atoms with E-state index in [-0.39, 0.29) is 35.7 Å². The summed E-state index contributed by atoms with van der Waals surface area (Å²) in [6, 6.07) is 14.2. The molecule has 8 nitrogen and oxygen atoms in total. The minimum atomic E-state index is -0.654. The van der Waals surface area contributed by atoms with Crippen molar-refractivity contribution in [3.63, 3.8) is 0 Å². The summed E-state index contributed by atoms with van der Waals surface area (Å²) in [7, 11) is 0. The first-order valence-electron chi connectivity index (χ1n) is 10.4. The number of carbonyl (C=O) groups is 3. The van der Waals surface area contributed by atoms with E-state index in [1.54, 1.807) is 29.2 Å². The number of urea groups is 1. The Kier molecular flexibility index (Phi) is 5.79. The summed E-state index contributed by atoms with van der Waals surface area (Å²) < 4.78 is 0. The van der Waals surface area contributed by atoms with Crippen molar-refractivity contribution in [3.05, 3.63) is 65.7 Å². The molecule has 2 aliphatic rings. The lowest BCUT2D eigenvalue weighted by Crippen LogP contribution is -2.61. The number of hydrogen-bond donors (Lipinski definition) is 4. The number of rotatable bonds is 5. The average molecular weight is 422 g/mol. The highest BCUT2D eigenvalue weighted by Crippen LogP contribution is 2.24. The molecule has 0 radical (unpaired) electrons. The fourth-order valence-electron chi connectivity index (χ4n) is 4.22. The summed E-state index contributed by atoms with van der Waals surface area (Å²) in [6.45, 7) is 2.20. The first-order chi connectivity index (χ1) is 14.9. The number of nitrogens with one attached hydrogen (secondary N) is 3. The maximum atomic E-state index is 13.0. The van der Waals surface area contributed by atoms with Gasteiger partial charge in [0, 0.05) is 13.0 Å². The second kappa shape index (κ2) is 8.67. The molecule has 0 saturated carbocycles. The smallest absolute Gasteiger partial charge is 0.315 e. The van der Waals surface area contributed by atoms with E-state index < -0.39 is 12.1 Å². The number of nitrogens with zero attached hydrogens (tertiary/aromatic N) is 1. The monoisotopic (exact) mass is 422 g/mol. The SMILES string of the molecule is C[C@H](NC(=O)N[C@H]1C[C@H]2C(=O)N[C@@H](Cc3ccc(O)cc3)C(=O)N2C1)c1ccccc1. The van der Waals surface area contributed by atoms with Gasteiger partial charge in [-0.05, 0) is 36.6 Å². The third-order valence-corrected chi connectivity index (χ3v) is 5.86. The van der Waals surface area contributed by atoms with Gasteiger partial charge in [-0.3, -0.25) is 9.59 Å². The highest BCUT2D eigenvalue weighted by molar-refractivity contribution is 5.97. The normalized spacial score (nSPS) is 23.6.